The minimum absolute atomic E-state index is 0. The number of fused-ring (bicyclic) bond motifs is 2. The predicted octanol–water partition coefficient (Wildman–Crippen LogP) is 7.03. The molecular formula is C29H21FIrN2-2. The first-order valence-corrected chi connectivity index (χ1v) is 10.5. The molecule has 33 heavy (non-hydrogen) atoms. The summed E-state index contributed by atoms with van der Waals surface area (Å²) in [5.41, 5.74) is 5.08. The summed E-state index contributed by atoms with van der Waals surface area (Å²) in [6.07, 6.45) is 3.57. The molecule has 0 atom stereocenters. The van der Waals surface area contributed by atoms with Crippen LogP contribution >= 0.6 is 0 Å². The van der Waals surface area contributed by atoms with Gasteiger partial charge in [0, 0.05) is 38.3 Å². The zero-order valence-corrected chi connectivity index (χ0v) is 20.7. The summed E-state index contributed by atoms with van der Waals surface area (Å²) in [6.45, 7) is 4.13. The molecule has 165 valence electrons. The molecule has 0 fully saturated rings. The van der Waals surface area contributed by atoms with E-state index in [1.165, 1.54) is 6.07 Å². The van der Waals surface area contributed by atoms with Crippen LogP contribution in [0.25, 0.3) is 33.3 Å². The number of pyridine rings is 2. The fourth-order valence-electron chi connectivity index (χ4n) is 4.42. The zero-order valence-electron chi connectivity index (χ0n) is 18.3. The number of rotatable bonds is 1. The van der Waals surface area contributed by atoms with Crippen LogP contribution in [0.4, 0.5) is 4.39 Å². The van der Waals surface area contributed by atoms with Crippen molar-refractivity contribution >= 4 is 10.8 Å². The maximum absolute atomic E-state index is 14.4. The van der Waals surface area contributed by atoms with Crippen molar-refractivity contribution in [1.82, 2.24) is 9.97 Å². The Bertz CT molecular complexity index is 1360. The molecule has 5 aromatic rings. The zero-order chi connectivity index (χ0) is 22.1. The molecule has 2 heterocycles. The number of halogens is 1. The van der Waals surface area contributed by atoms with Crippen LogP contribution in [0.5, 0.6) is 0 Å². The first-order chi connectivity index (χ1) is 15.6. The Morgan fingerprint density at radius 1 is 0.788 bits per heavy atom. The Balaban J connectivity index is 0.000000172. The van der Waals surface area contributed by atoms with E-state index in [0.717, 1.165) is 38.9 Å². The van der Waals surface area contributed by atoms with Crippen molar-refractivity contribution in [3.05, 3.63) is 120 Å². The Morgan fingerprint density at radius 2 is 1.64 bits per heavy atom. The average Bonchev–Trinajstić information content (AvgIpc) is 2.84. The van der Waals surface area contributed by atoms with Gasteiger partial charge in [0.25, 0.3) is 0 Å². The third-order valence-corrected chi connectivity index (χ3v) is 5.92. The summed E-state index contributed by atoms with van der Waals surface area (Å²) >= 11 is 0. The van der Waals surface area contributed by atoms with E-state index < -0.39 is 0 Å². The molecule has 1 aliphatic carbocycles. The van der Waals surface area contributed by atoms with Crippen LogP contribution in [0.1, 0.15) is 25.0 Å². The standard InChI is InChI=1S/C18H13FN.C11H8N.Ir/c1-18(2)13-7-3-5-11-9-10-20-17(15(11)13)12-6-4-8-14(19)16(12)18;1-2-6-10(7-3-1)11-8-4-5-9-12-11;/h3-5,7-10H,1-2H3;1-6,8-9H;/q2*-1;. The van der Waals surface area contributed by atoms with Crippen LogP contribution in [0.2, 0.25) is 0 Å². The fraction of sp³-hybridized carbons (Fsp3) is 0.103. The van der Waals surface area contributed by atoms with Gasteiger partial charge in [0.2, 0.25) is 0 Å². The van der Waals surface area contributed by atoms with E-state index in [2.05, 4.69) is 48.1 Å². The molecule has 2 aromatic heterocycles. The molecule has 0 unspecified atom stereocenters. The molecule has 1 radical (unpaired) electrons. The Morgan fingerprint density at radius 3 is 2.39 bits per heavy atom. The van der Waals surface area contributed by atoms with E-state index in [0.29, 0.717) is 5.56 Å². The van der Waals surface area contributed by atoms with Gasteiger partial charge in [-0.25, -0.2) is 4.39 Å². The SMILES string of the molecule is CC1(C)c2c([c-]ccc2F)-c2nccc3cccc1c23.[Ir].[c-]1ccccc1-c1ccccn1. The number of nitrogens with zero attached hydrogens (tertiary/aromatic N) is 2. The second kappa shape index (κ2) is 9.35. The van der Waals surface area contributed by atoms with Gasteiger partial charge in [0.1, 0.15) is 0 Å². The Hall–Kier alpha value is -3.20. The third-order valence-electron chi connectivity index (χ3n) is 5.92. The smallest absolute Gasteiger partial charge is 0.0459 e. The van der Waals surface area contributed by atoms with Crippen LogP contribution in [-0.2, 0) is 25.5 Å². The molecular weight excluding hydrogens is 588 g/mol. The summed E-state index contributed by atoms with van der Waals surface area (Å²) in [4.78, 5) is 8.71. The molecule has 6 rings (SSSR count). The van der Waals surface area contributed by atoms with Crippen LogP contribution in [0, 0.1) is 17.9 Å². The molecule has 0 saturated carbocycles. The number of hydrogen-bond donors (Lipinski definition) is 0. The van der Waals surface area contributed by atoms with Crippen molar-refractivity contribution < 1.29 is 24.5 Å². The van der Waals surface area contributed by atoms with E-state index in [-0.39, 0.29) is 31.3 Å². The van der Waals surface area contributed by atoms with Gasteiger partial charge in [-0.3, -0.25) is 0 Å². The normalized spacial score (nSPS) is 12.7. The predicted molar refractivity (Wildman–Crippen MR) is 127 cm³/mol. The van der Waals surface area contributed by atoms with Gasteiger partial charge in [-0.05, 0) is 45.3 Å². The average molecular weight is 609 g/mol. The Labute approximate surface area is 206 Å². The van der Waals surface area contributed by atoms with Gasteiger partial charge < -0.3 is 9.97 Å². The van der Waals surface area contributed by atoms with Crippen molar-refractivity contribution in [3.8, 4) is 22.5 Å². The van der Waals surface area contributed by atoms with Gasteiger partial charge in [0.05, 0.1) is 0 Å². The minimum Gasteiger partial charge on any atom is -0.305 e. The van der Waals surface area contributed by atoms with E-state index in [9.17, 15) is 4.39 Å². The van der Waals surface area contributed by atoms with Gasteiger partial charge in [-0.15, -0.1) is 59.7 Å². The van der Waals surface area contributed by atoms with Crippen LogP contribution in [-0.4, -0.2) is 9.97 Å². The summed E-state index contributed by atoms with van der Waals surface area (Å²) in [6, 6.07) is 31.3. The maximum atomic E-state index is 14.4. The molecule has 1 aliphatic rings. The third kappa shape index (κ3) is 4.13. The topological polar surface area (TPSA) is 25.8 Å². The van der Waals surface area contributed by atoms with E-state index in [4.69, 9.17) is 0 Å². The van der Waals surface area contributed by atoms with Gasteiger partial charge >= 0.3 is 0 Å². The molecule has 0 N–H and O–H groups in total. The van der Waals surface area contributed by atoms with Crippen molar-refractivity contribution in [2.45, 2.75) is 19.3 Å². The van der Waals surface area contributed by atoms with E-state index in [1.807, 2.05) is 54.6 Å². The molecule has 4 heteroatoms. The second-order valence-electron chi connectivity index (χ2n) is 8.26. The van der Waals surface area contributed by atoms with Gasteiger partial charge in [0.15, 0.2) is 0 Å². The summed E-state index contributed by atoms with van der Waals surface area (Å²) in [5.74, 6) is -0.183. The molecule has 0 bridgehead atoms. The first kappa shape index (κ1) is 23.0. The number of benzene rings is 3. The molecule has 0 amide bonds. The molecule has 3 aromatic carbocycles. The molecule has 0 saturated heterocycles. The van der Waals surface area contributed by atoms with Crippen LogP contribution in [0.3, 0.4) is 0 Å². The van der Waals surface area contributed by atoms with Crippen LogP contribution < -0.4 is 0 Å². The number of hydrogen-bond acceptors (Lipinski definition) is 2. The second-order valence-corrected chi connectivity index (χ2v) is 8.26. The van der Waals surface area contributed by atoms with E-state index in [1.54, 1.807) is 18.5 Å². The summed E-state index contributed by atoms with van der Waals surface area (Å²) in [7, 11) is 0. The monoisotopic (exact) mass is 609 g/mol. The van der Waals surface area contributed by atoms with Crippen molar-refractivity contribution in [3.63, 3.8) is 0 Å². The van der Waals surface area contributed by atoms with Gasteiger partial charge in [-0.1, -0.05) is 49.7 Å². The van der Waals surface area contributed by atoms with Gasteiger partial charge in [-0.2, -0.15) is 0 Å². The Kier molecular flexibility index (Phi) is 6.51. The van der Waals surface area contributed by atoms with Crippen LogP contribution in [0.15, 0.2) is 91.3 Å². The molecule has 0 aliphatic heterocycles. The van der Waals surface area contributed by atoms with Crippen molar-refractivity contribution in [1.29, 1.82) is 0 Å². The summed E-state index contributed by atoms with van der Waals surface area (Å²) < 4.78 is 14.4. The largest absolute Gasteiger partial charge is 0.305 e. The number of aromatic nitrogens is 2. The maximum Gasteiger partial charge on any atom is 0.0459 e. The van der Waals surface area contributed by atoms with Crippen molar-refractivity contribution in [2.24, 2.45) is 0 Å². The van der Waals surface area contributed by atoms with E-state index >= 15 is 0 Å². The quantitative estimate of drug-likeness (QED) is 0.191. The fourth-order valence-corrected chi connectivity index (χ4v) is 4.42. The van der Waals surface area contributed by atoms with Crippen molar-refractivity contribution in [2.75, 3.05) is 0 Å². The minimum atomic E-state index is -0.382. The molecule has 2 nitrogen and oxygen atoms in total. The molecule has 0 spiro atoms. The first-order valence-electron chi connectivity index (χ1n) is 10.5. The summed E-state index contributed by atoms with van der Waals surface area (Å²) in [5, 5.41) is 2.26.